The van der Waals surface area contributed by atoms with Crippen molar-refractivity contribution < 1.29 is 4.79 Å². The molecule has 1 heterocycles. The molecule has 1 N–H and O–H groups in total. The van der Waals surface area contributed by atoms with Gasteiger partial charge in [0.25, 0.3) is 0 Å². The number of carbonyl (C=O) groups excluding carboxylic acids is 1. The third kappa shape index (κ3) is 2.21. The van der Waals surface area contributed by atoms with Crippen molar-refractivity contribution in [3.63, 3.8) is 0 Å². The monoisotopic (exact) mass is 266 g/mol. The standard InChI is InChI=1S/C17H18N2O/c1-12-7-8-15(13(2)9-12)19-16-6-4-3-5-14(16)10-18-11-17(19)20/h3-9,18H,10-11H2,1-2H3. The van der Waals surface area contributed by atoms with Crippen molar-refractivity contribution in [2.75, 3.05) is 11.4 Å². The van der Waals surface area contributed by atoms with Gasteiger partial charge in [-0.05, 0) is 37.1 Å². The summed E-state index contributed by atoms with van der Waals surface area (Å²) in [4.78, 5) is 14.3. The number of anilines is 2. The van der Waals surface area contributed by atoms with Crippen LogP contribution in [0.4, 0.5) is 11.4 Å². The molecule has 0 radical (unpaired) electrons. The fourth-order valence-corrected chi connectivity index (χ4v) is 2.72. The molecule has 3 heteroatoms. The minimum Gasteiger partial charge on any atom is -0.304 e. The average Bonchev–Trinajstić information content (AvgIpc) is 2.58. The van der Waals surface area contributed by atoms with Crippen LogP contribution in [-0.2, 0) is 11.3 Å². The molecule has 0 unspecified atom stereocenters. The number of rotatable bonds is 1. The smallest absolute Gasteiger partial charge is 0.245 e. The molecule has 0 saturated carbocycles. The van der Waals surface area contributed by atoms with Gasteiger partial charge < -0.3 is 5.32 Å². The molecule has 0 atom stereocenters. The number of fused-ring (bicyclic) bond motifs is 1. The Morgan fingerprint density at radius 3 is 2.60 bits per heavy atom. The first-order chi connectivity index (χ1) is 9.66. The summed E-state index contributed by atoms with van der Waals surface area (Å²) in [7, 11) is 0. The Hall–Kier alpha value is -2.13. The summed E-state index contributed by atoms with van der Waals surface area (Å²) in [5.74, 6) is 0.0851. The van der Waals surface area contributed by atoms with Gasteiger partial charge in [0, 0.05) is 6.54 Å². The third-order valence-electron chi connectivity index (χ3n) is 3.67. The number of nitrogens with zero attached hydrogens (tertiary/aromatic N) is 1. The largest absolute Gasteiger partial charge is 0.304 e. The molecule has 1 aliphatic heterocycles. The van der Waals surface area contributed by atoms with E-state index in [9.17, 15) is 4.79 Å². The Kier molecular flexibility index (Phi) is 3.28. The molecule has 0 spiro atoms. The van der Waals surface area contributed by atoms with Crippen LogP contribution in [0.1, 0.15) is 16.7 Å². The highest BCUT2D eigenvalue weighted by Crippen LogP contribution is 2.32. The summed E-state index contributed by atoms with van der Waals surface area (Å²) in [6.45, 7) is 5.21. The predicted molar refractivity (Wildman–Crippen MR) is 81.2 cm³/mol. The van der Waals surface area contributed by atoms with Gasteiger partial charge in [0.1, 0.15) is 0 Å². The third-order valence-corrected chi connectivity index (χ3v) is 3.67. The second-order valence-electron chi connectivity index (χ2n) is 5.25. The summed E-state index contributed by atoms with van der Waals surface area (Å²) >= 11 is 0. The maximum Gasteiger partial charge on any atom is 0.245 e. The molecule has 0 fully saturated rings. The molecule has 0 bridgehead atoms. The van der Waals surface area contributed by atoms with Crippen LogP contribution in [0.25, 0.3) is 0 Å². The fraction of sp³-hybridized carbons (Fsp3) is 0.235. The highest BCUT2D eigenvalue weighted by molar-refractivity contribution is 6.03. The Bertz CT molecular complexity index is 664. The van der Waals surface area contributed by atoms with Gasteiger partial charge in [-0.25, -0.2) is 0 Å². The molecule has 1 amide bonds. The van der Waals surface area contributed by atoms with E-state index in [2.05, 4.69) is 37.4 Å². The normalized spacial score (nSPS) is 14.9. The van der Waals surface area contributed by atoms with E-state index in [4.69, 9.17) is 0 Å². The first-order valence-corrected chi connectivity index (χ1v) is 6.85. The number of amides is 1. The molecule has 0 aliphatic carbocycles. The lowest BCUT2D eigenvalue weighted by Gasteiger charge is -2.24. The van der Waals surface area contributed by atoms with E-state index >= 15 is 0 Å². The van der Waals surface area contributed by atoms with Gasteiger partial charge in [-0.2, -0.15) is 0 Å². The van der Waals surface area contributed by atoms with E-state index in [0.29, 0.717) is 6.54 Å². The van der Waals surface area contributed by atoms with Crippen LogP contribution in [0.3, 0.4) is 0 Å². The second-order valence-corrected chi connectivity index (χ2v) is 5.25. The quantitative estimate of drug-likeness (QED) is 0.860. The summed E-state index contributed by atoms with van der Waals surface area (Å²) < 4.78 is 0. The van der Waals surface area contributed by atoms with Crippen LogP contribution < -0.4 is 10.2 Å². The van der Waals surface area contributed by atoms with Gasteiger partial charge in [0.05, 0.1) is 17.9 Å². The molecular formula is C17H18N2O. The van der Waals surface area contributed by atoms with Gasteiger partial charge >= 0.3 is 0 Å². The van der Waals surface area contributed by atoms with Gasteiger partial charge in [-0.3, -0.25) is 9.69 Å². The van der Waals surface area contributed by atoms with Crippen molar-refractivity contribution in [1.29, 1.82) is 0 Å². The number of carbonyl (C=O) groups is 1. The van der Waals surface area contributed by atoms with Crippen LogP contribution in [0.15, 0.2) is 42.5 Å². The molecule has 20 heavy (non-hydrogen) atoms. The minimum absolute atomic E-state index is 0.0851. The molecule has 0 aromatic heterocycles. The predicted octanol–water partition coefficient (Wildman–Crippen LogP) is 3.07. The number of aryl methyl sites for hydroxylation is 2. The zero-order chi connectivity index (χ0) is 14.1. The molecular weight excluding hydrogens is 248 g/mol. The Labute approximate surface area is 119 Å². The van der Waals surface area contributed by atoms with E-state index in [1.807, 2.05) is 29.2 Å². The van der Waals surface area contributed by atoms with E-state index < -0.39 is 0 Å². The van der Waals surface area contributed by atoms with E-state index in [-0.39, 0.29) is 5.91 Å². The van der Waals surface area contributed by atoms with Crippen molar-refractivity contribution in [2.24, 2.45) is 0 Å². The second kappa shape index (κ2) is 5.10. The molecule has 2 aromatic rings. The van der Waals surface area contributed by atoms with Gasteiger partial charge in [-0.1, -0.05) is 35.9 Å². The van der Waals surface area contributed by atoms with Crippen molar-refractivity contribution in [3.8, 4) is 0 Å². The van der Waals surface area contributed by atoms with E-state index in [1.54, 1.807) is 0 Å². The number of hydrogen-bond acceptors (Lipinski definition) is 2. The first kappa shape index (κ1) is 12.9. The van der Waals surface area contributed by atoms with Crippen molar-refractivity contribution in [1.82, 2.24) is 5.32 Å². The van der Waals surface area contributed by atoms with E-state index in [1.165, 1.54) is 5.56 Å². The zero-order valence-corrected chi connectivity index (χ0v) is 11.8. The topological polar surface area (TPSA) is 32.3 Å². The Morgan fingerprint density at radius 1 is 1.00 bits per heavy atom. The van der Waals surface area contributed by atoms with Crippen LogP contribution >= 0.6 is 0 Å². The van der Waals surface area contributed by atoms with E-state index in [0.717, 1.165) is 29.0 Å². The molecule has 102 valence electrons. The Morgan fingerprint density at radius 2 is 1.80 bits per heavy atom. The van der Waals surface area contributed by atoms with Crippen LogP contribution in [-0.4, -0.2) is 12.5 Å². The average molecular weight is 266 g/mol. The fourth-order valence-electron chi connectivity index (χ4n) is 2.72. The molecule has 2 aromatic carbocycles. The lowest BCUT2D eigenvalue weighted by molar-refractivity contribution is -0.117. The molecule has 3 rings (SSSR count). The maximum atomic E-state index is 12.5. The molecule has 1 aliphatic rings. The maximum absolute atomic E-state index is 12.5. The van der Waals surface area contributed by atoms with Gasteiger partial charge in [-0.15, -0.1) is 0 Å². The van der Waals surface area contributed by atoms with Crippen molar-refractivity contribution in [3.05, 3.63) is 59.2 Å². The zero-order valence-electron chi connectivity index (χ0n) is 11.8. The lowest BCUT2D eigenvalue weighted by atomic mass is 10.1. The summed E-state index contributed by atoms with van der Waals surface area (Å²) in [6, 6.07) is 14.3. The van der Waals surface area contributed by atoms with Crippen molar-refractivity contribution in [2.45, 2.75) is 20.4 Å². The first-order valence-electron chi connectivity index (χ1n) is 6.85. The SMILES string of the molecule is Cc1ccc(N2C(=O)CNCc3ccccc32)c(C)c1. The summed E-state index contributed by atoms with van der Waals surface area (Å²) in [6.07, 6.45) is 0. The highest BCUT2D eigenvalue weighted by atomic mass is 16.2. The van der Waals surface area contributed by atoms with Crippen LogP contribution in [0, 0.1) is 13.8 Å². The highest BCUT2D eigenvalue weighted by Gasteiger charge is 2.24. The summed E-state index contributed by atoms with van der Waals surface area (Å²) in [5, 5.41) is 3.19. The van der Waals surface area contributed by atoms with Crippen LogP contribution in [0.5, 0.6) is 0 Å². The Balaban J connectivity index is 2.17. The van der Waals surface area contributed by atoms with Gasteiger partial charge in [0.2, 0.25) is 5.91 Å². The lowest BCUT2D eigenvalue weighted by Crippen LogP contribution is -2.32. The number of hydrogen-bond donors (Lipinski definition) is 1. The molecule has 3 nitrogen and oxygen atoms in total. The molecule has 0 saturated heterocycles. The van der Waals surface area contributed by atoms with Gasteiger partial charge in [0.15, 0.2) is 0 Å². The number of nitrogens with one attached hydrogen (secondary N) is 1. The number of benzene rings is 2. The number of para-hydroxylation sites is 1. The van der Waals surface area contributed by atoms with Crippen molar-refractivity contribution >= 4 is 17.3 Å². The minimum atomic E-state index is 0.0851. The van der Waals surface area contributed by atoms with Crippen LogP contribution in [0.2, 0.25) is 0 Å². The summed E-state index contributed by atoms with van der Waals surface area (Å²) in [5.41, 5.74) is 5.43.